The van der Waals surface area contributed by atoms with Gasteiger partial charge in [-0.25, -0.2) is 9.98 Å². The van der Waals surface area contributed by atoms with Gasteiger partial charge in [-0.2, -0.15) is 0 Å². The average molecular weight is 385 g/mol. The minimum atomic E-state index is 0. The van der Waals surface area contributed by atoms with E-state index >= 15 is 0 Å². The molecule has 1 saturated heterocycles. The summed E-state index contributed by atoms with van der Waals surface area (Å²) < 4.78 is 2.00. The molecule has 20 heavy (non-hydrogen) atoms. The van der Waals surface area contributed by atoms with E-state index in [0.717, 1.165) is 24.4 Å². The van der Waals surface area contributed by atoms with Gasteiger partial charge in [-0.3, -0.25) is 0 Å². The molecule has 3 heterocycles. The van der Waals surface area contributed by atoms with Crippen LogP contribution in [0.4, 0.5) is 0 Å². The average Bonchev–Trinajstić information content (AvgIpc) is 2.88. The summed E-state index contributed by atoms with van der Waals surface area (Å²) in [6.45, 7) is 2.60. The lowest BCUT2D eigenvalue weighted by Gasteiger charge is -2.27. The van der Waals surface area contributed by atoms with Gasteiger partial charge >= 0.3 is 0 Å². The molecule has 1 aliphatic heterocycles. The Morgan fingerprint density at radius 3 is 2.80 bits per heavy atom. The van der Waals surface area contributed by atoms with Gasteiger partial charge in [0.25, 0.3) is 0 Å². The molecular formula is C14H20IN5. The number of imidazole rings is 1. The maximum Gasteiger partial charge on any atom is 0.191 e. The van der Waals surface area contributed by atoms with E-state index in [1.165, 1.54) is 19.3 Å². The molecule has 2 aromatic heterocycles. The van der Waals surface area contributed by atoms with E-state index in [0.29, 0.717) is 12.5 Å². The number of fused-ring (bicyclic) bond motifs is 1. The van der Waals surface area contributed by atoms with Crippen molar-refractivity contribution < 1.29 is 0 Å². The van der Waals surface area contributed by atoms with Crippen LogP contribution in [0.3, 0.4) is 0 Å². The molecule has 3 rings (SSSR count). The highest BCUT2D eigenvalue weighted by Crippen LogP contribution is 2.09. The van der Waals surface area contributed by atoms with Gasteiger partial charge in [-0.05, 0) is 31.4 Å². The number of pyridine rings is 1. The Balaban J connectivity index is 0.00000147. The van der Waals surface area contributed by atoms with Crippen LogP contribution in [0.25, 0.3) is 5.65 Å². The Hall–Kier alpha value is -1.31. The topological polar surface area (TPSA) is 58.9 Å². The van der Waals surface area contributed by atoms with E-state index in [2.05, 4.69) is 14.9 Å². The number of aliphatic imine (C=N–C) groups is 1. The van der Waals surface area contributed by atoms with E-state index < -0.39 is 0 Å². The van der Waals surface area contributed by atoms with Crippen molar-refractivity contribution in [2.45, 2.75) is 25.8 Å². The fourth-order valence-electron chi connectivity index (χ4n) is 2.45. The van der Waals surface area contributed by atoms with Crippen molar-refractivity contribution in [3.63, 3.8) is 0 Å². The summed E-state index contributed by atoms with van der Waals surface area (Å²) in [7, 11) is 0. The molecule has 0 bridgehead atoms. The molecule has 0 saturated carbocycles. The second-order valence-corrected chi connectivity index (χ2v) is 4.92. The van der Waals surface area contributed by atoms with E-state index in [-0.39, 0.29) is 24.0 Å². The number of rotatable bonds is 2. The molecule has 6 heteroatoms. The lowest BCUT2D eigenvalue weighted by Crippen LogP contribution is -2.40. The highest BCUT2D eigenvalue weighted by molar-refractivity contribution is 14.0. The predicted molar refractivity (Wildman–Crippen MR) is 91.4 cm³/mol. The van der Waals surface area contributed by atoms with Crippen LogP contribution < -0.4 is 5.73 Å². The fraction of sp³-hybridized carbons (Fsp3) is 0.429. The van der Waals surface area contributed by atoms with Crippen molar-refractivity contribution >= 4 is 35.6 Å². The minimum Gasteiger partial charge on any atom is -0.370 e. The van der Waals surface area contributed by atoms with Crippen molar-refractivity contribution in [3.8, 4) is 0 Å². The monoisotopic (exact) mass is 385 g/mol. The van der Waals surface area contributed by atoms with E-state index in [1.807, 2.05) is 35.0 Å². The van der Waals surface area contributed by atoms with E-state index in [4.69, 9.17) is 5.73 Å². The summed E-state index contributed by atoms with van der Waals surface area (Å²) in [6, 6.07) is 5.96. The fourth-order valence-corrected chi connectivity index (χ4v) is 2.45. The number of aromatic nitrogens is 2. The van der Waals surface area contributed by atoms with Crippen LogP contribution in [0.1, 0.15) is 25.0 Å². The minimum absolute atomic E-state index is 0. The molecule has 0 amide bonds. The molecule has 1 fully saturated rings. The number of halogens is 1. The molecule has 108 valence electrons. The zero-order chi connectivity index (χ0) is 13.1. The van der Waals surface area contributed by atoms with Crippen LogP contribution in [-0.4, -0.2) is 33.3 Å². The Morgan fingerprint density at radius 1 is 1.25 bits per heavy atom. The van der Waals surface area contributed by atoms with Crippen LogP contribution in [0.2, 0.25) is 0 Å². The van der Waals surface area contributed by atoms with E-state index in [9.17, 15) is 0 Å². The molecule has 0 spiro atoms. The SMILES string of the molecule is I.NC(=NCc1cn2ccccc2n1)N1CCCCC1. The van der Waals surface area contributed by atoms with Crippen molar-refractivity contribution in [2.24, 2.45) is 10.7 Å². The Kier molecular flexibility index (Phi) is 5.22. The van der Waals surface area contributed by atoms with Crippen molar-refractivity contribution in [1.29, 1.82) is 0 Å². The molecule has 2 N–H and O–H groups in total. The zero-order valence-corrected chi connectivity index (χ0v) is 13.7. The molecule has 0 radical (unpaired) electrons. The Bertz CT molecular complexity index is 553. The second kappa shape index (κ2) is 6.92. The highest BCUT2D eigenvalue weighted by atomic mass is 127. The van der Waals surface area contributed by atoms with Crippen LogP contribution in [-0.2, 0) is 6.54 Å². The molecule has 5 nitrogen and oxygen atoms in total. The van der Waals surface area contributed by atoms with Crippen molar-refractivity contribution in [3.05, 3.63) is 36.3 Å². The number of nitrogens with zero attached hydrogens (tertiary/aromatic N) is 4. The van der Waals surface area contributed by atoms with Gasteiger partial charge in [0.05, 0.1) is 12.2 Å². The highest BCUT2D eigenvalue weighted by Gasteiger charge is 2.11. The third-order valence-corrected chi connectivity index (χ3v) is 3.50. The number of piperidine rings is 1. The van der Waals surface area contributed by atoms with Gasteiger partial charge in [0.1, 0.15) is 5.65 Å². The standard InChI is InChI=1S/C14H19N5.HI/c15-14(18-7-3-1-4-8-18)16-10-12-11-19-9-5-2-6-13(19)17-12;/h2,5-6,9,11H,1,3-4,7-8,10H2,(H2,15,16);1H. The first kappa shape index (κ1) is 15.1. The number of nitrogens with two attached hydrogens (primary N) is 1. The third-order valence-electron chi connectivity index (χ3n) is 3.50. The van der Waals surface area contributed by atoms with Gasteiger partial charge in [-0.15, -0.1) is 24.0 Å². The first-order valence-corrected chi connectivity index (χ1v) is 6.80. The molecule has 0 aliphatic carbocycles. The smallest absolute Gasteiger partial charge is 0.191 e. The second-order valence-electron chi connectivity index (χ2n) is 4.92. The van der Waals surface area contributed by atoms with Crippen LogP contribution in [0, 0.1) is 0 Å². The molecular weight excluding hydrogens is 365 g/mol. The van der Waals surface area contributed by atoms with Crippen LogP contribution >= 0.6 is 24.0 Å². The van der Waals surface area contributed by atoms with Gasteiger partial charge < -0.3 is 15.0 Å². The Labute approximate surface area is 135 Å². The van der Waals surface area contributed by atoms with Gasteiger partial charge in [0, 0.05) is 25.5 Å². The molecule has 0 aromatic carbocycles. The van der Waals surface area contributed by atoms with Crippen molar-refractivity contribution in [1.82, 2.24) is 14.3 Å². The lowest BCUT2D eigenvalue weighted by molar-refractivity contribution is 0.338. The lowest BCUT2D eigenvalue weighted by atomic mass is 10.1. The first-order valence-electron chi connectivity index (χ1n) is 6.80. The van der Waals surface area contributed by atoms with Gasteiger partial charge in [0.15, 0.2) is 5.96 Å². The number of guanidine groups is 1. The summed E-state index contributed by atoms with van der Waals surface area (Å²) in [6.07, 6.45) is 7.72. The summed E-state index contributed by atoms with van der Waals surface area (Å²) in [5.41, 5.74) is 7.93. The van der Waals surface area contributed by atoms with Crippen LogP contribution in [0.5, 0.6) is 0 Å². The third kappa shape index (κ3) is 3.41. The van der Waals surface area contributed by atoms with Crippen molar-refractivity contribution in [2.75, 3.05) is 13.1 Å². The summed E-state index contributed by atoms with van der Waals surface area (Å²) >= 11 is 0. The molecule has 1 aliphatic rings. The number of hydrogen-bond donors (Lipinski definition) is 1. The maximum atomic E-state index is 6.03. The maximum absolute atomic E-state index is 6.03. The Morgan fingerprint density at radius 2 is 2.05 bits per heavy atom. The van der Waals surface area contributed by atoms with Gasteiger partial charge in [-0.1, -0.05) is 6.07 Å². The van der Waals surface area contributed by atoms with Gasteiger partial charge in [0.2, 0.25) is 0 Å². The number of hydrogen-bond acceptors (Lipinski definition) is 2. The molecule has 0 atom stereocenters. The molecule has 2 aromatic rings. The largest absolute Gasteiger partial charge is 0.370 e. The zero-order valence-electron chi connectivity index (χ0n) is 11.4. The predicted octanol–water partition coefficient (Wildman–Crippen LogP) is 2.25. The summed E-state index contributed by atoms with van der Waals surface area (Å²) in [4.78, 5) is 11.1. The summed E-state index contributed by atoms with van der Waals surface area (Å²) in [5, 5.41) is 0. The first-order chi connectivity index (χ1) is 9.33. The number of likely N-dealkylation sites (tertiary alicyclic amines) is 1. The van der Waals surface area contributed by atoms with Crippen LogP contribution in [0.15, 0.2) is 35.6 Å². The van der Waals surface area contributed by atoms with E-state index in [1.54, 1.807) is 0 Å². The quantitative estimate of drug-likeness (QED) is 0.490. The normalized spacial score (nSPS) is 16.2. The molecule has 0 unspecified atom stereocenters. The summed E-state index contributed by atoms with van der Waals surface area (Å²) in [5.74, 6) is 0.650.